The van der Waals surface area contributed by atoms with Crippen molar-refractivity contribution in [2.45, 2.75) is 18.9 Å². The van der Waals surface area contributed by atoms with Crippen molar-refractivity contribution in [1.29, 1.82) is 5.26 Å². The monoisotopic (exact) mass is 393 g/mol. The molecule has 1 aliphatic heterocycles. The first-order valence-corrected chi connectivity index (χ1v) is 9.07. The van der Waals surface area contributed by atoms with Crippen LogP contribution < -0.4 is 5.32 Å². The molecule has 0 spiro atoms. The molecule has 1 aromatic heterocycles. The average Bonchev–Trinajstić information content (AvgIpc) is 3.08. The lowest BCUT2D eigenvalue weighted by Gasteiger charge is -2.15. The Morgan fingerprint density at radius 3 is 2.38 bits per heavy atom. The maximum absolute atomic E-state index is 12.9. The molecule has 3 aromatic rings. The van der Waals surface area contributed by atoms with E-state index in [-0.39, 0.29) is 5.68 Å². The molecule has 0 radical (unpaired) electrons. The van der Waals surface area contributed by atoms with Crippen LogP contribution in [0.2, 0.25) is 6.32 Å². The molecule has 0 fully saturated rings. The van der Waals surface area contributed by atoms with E-state index < -0.39 is 18.5 Å². The number of nitrogens with one attached hydrogen (secondary N) is 2. The van der Waals surface area contributed by atoms with Crippen LogP contribution in [0, 0.1) is 11.2 Å². The van der Waals surface area contributed by atoms with Crippen molar-refractivity contribution in [3.63, 3.8) is 0 Å². The summed E-state index contributed by atoms with van der Waals surface area (Å²) in [4.78, 5) is 16.1. The van der Waals surface area contributed by atoms with Crippen LogP contribution in [0.5, 0.6) is 0 Å². The highest BCUT2D eigenvalue weighted by Gasteiger charge is 2.36. The molecular weight excluding hydrogens is 378 g/mol. The first-order valence-electron chi connectivity index (χ1n) is 9.07. The summed E-state index contributed by atoms with van der Waals surface area (Å²) in [6, 6.07) is 14.0. The maximum atomic E-state index is 12.9. The lowest BCUT2D eigenvalue weighted by molar-refractivity contribution is -0.137. The van der Waals surface area contributed by atoms with E-state index >= 15 is 0 Å². The minimum atomic E-state index is -4.42. The summed E-state index contributed by atoms with van der Waals surface area (Å²) in [5.41, 5.74) is 2.34. The molecular formula is C21H15BF3N3O. The smallest absolute Gasteiger partial charge is 0.356 e. The van der Waals surface area contributed by atoms with Gasteiger partial charge in [0.25, 0.3) is 0 Å². The van der Waals surface area contributed by atoms with E-state index in [9.17, 15) is 23.2 Å². The molecule has 144 valence electrons. The highest BCUT2D eigenvalue weighted by atomic mass is 19.4. The predicted octanol–water partition coefficient (Wildman–Crippen LogP) is 5.28. The van der Waals surface area contributed by atoms with Crippen LogP contribution in [0.1, 0.15) is 21.6 Å². The summed E-state index contributed by atoms with van der Waals surface area (Å²) >= 11 is 0. The van der Waals surface area contributed by atoms with E-state index in [0.29, 0.717) is 40.9 Å². The minimum absolute atomic E-state index is 0.276. The summed E-state index contributed by atoms with van der Waals surface area (Å²) < 4.78 is 38.7. The van der Waals surface area contributed by atoms with E-state index in [2.05, 4.69) is 10.3 Å². The Kier molecular flexibility index (Phi) is 4.67. The van der Waals surface area contributed by atoms with Gasteiger partial charge in [0, 0.05) is 22.9 Å². The molecule has 0 atom stereocenters. The largest absolute Gasteiger partial charge is 0.416 e. The summed E-state index contributed by atoms with van der Waals surface area (Å²) in [7, 11) is 0. The van der Waals surface area contributed by atoms with Gasteiger partial charge in [-0.15, -0.1) is 0 Å². The number of hydrogen-bond acceptors (Lipinski definition) is 3. The molecule has 2 heterocycles. The first kappa shape index (κ1) is 18.9. The summed E-state index contributed by atoms with van der Waals surface area (Å²) in [5, 5.41) is 12.5. The minimum Gasteiger partial charge on any atom is -0.356 e. The van der Waals surface area contributed by atoms with Crippen LogP contribution in [0.25, 0.3) is 11.3 Å². The third-order valence-electron chi connectivity index (χ3n) is 5.02. The van der Waals surface area contributed by atoms with Crippen LogP contribution >= 0.6 is 0 Å². The number of fused-ring (bicyclic) bond motifs is 1. The van der Waals surface area contributed by atoms with Crippen LogP contribution in [-0.2, 0) is 12.6 Å². The molecule has 0 amide bonds. The highest BCUT2D eigenvalue weighted by molar-refractivity contribution is 6.98. The normalized spacial score (nSPS) is 13.7. The third kappa shape index (κ3) is 3.52. The predicted molar refractivity (Wildman–Crippen MR) is 105 cm³/mol. The molecule has 1 aliphatic rings. The number of carbonyl (C=O) groups is 1. The number of aromatic nitrogens is 1. The van der Waals surface area contributed by atoms with E-state index in [1.807, 2.05) is 36.3 Å². The zero-order valence-electron chi connectivity index (χ0n) is 15.2. The van der Waals surface area contributed by atoms with Crippen LogP contribution in [0.3, 0.4) is 0 Å². The molecule has 8 heteroatoms. The lowest BCUT2D eigenvalue weighted by atomic mass is 9.41. The number of hydrogen-bond donors (Lipinski definition) is 2. The van der Waals surface area contributed by atoms with Gasteiger partial charge < -0.3 is 15.1 Å². The molecule has 0 unspecified atom stereocenters. The number of para-hydroxylation sites is 1. The molecule has 0 saturated heterocycles. The molecule has 0 saturated carbocycles. The number of halogens is 3. The fraction of sp³-hybridized carbons (Fsp3) is 0.143. The molecule has 2 N–H and O–H groups in total. The van der Waals surface area contributed by atoms with Crippen molar-refractivity contribution in [1.82, 2.24) is 4.98 Å². The second-order valence-corrected chi connectivity index (χ2v) is 6.88. The zero-order chi connectivity index (χ0) is 20.6. The van der Waals surface area contributed by atoms with E-state index in [1.165, 1.54) is 12.1 Å². The second-order valence-electron chi connectivity index (χ2n) is 6.88. The number of alkyl halides is 3. The fourth-order valence-corrected chi connectivity index (χ4v) is 3.56. The number of aryl methyl sites for hydroxylation is 1. The third-order valence-corrected chi connectivity index (χ3v) is 5.02. The van der Waals surface area contributed by atoms with E-state index in [4.69, 9.17) is 0 Å². The van der Waals surface area contributed by atoms with Crippen LogP contribution in [0.4, 0.5) is 24.5 Å². The summed E-state index contributed by atoms with van der Waals surface area (Å²) in [5.74, 6) is 2.04. The Labute approximate surface area is 165 Å². The molecule has 2 aromatic carbocycles. The number of H-pyrrole nitrogens is 1. The van der Waals surface area contributed by atoms with Crippen molar-refractivity contribution in [3.05, 3.63) is 71.4 Å². The Morgan fingerprint density at radius 2 is 1.76 bits per heavy atom. The summed E-state index contributed by atoms with van der Waals surface area (Å²) in [6.07, 6.45) is -3.49. The van der Waals surface area contributed by atoms with Gasteiger partial charge in [-0.25, -0.2) is 5.26 Å². The number of carbonyl (C=O) groups excluding carboxylic acids is 1. The Morgan fingerprint density at radius 1 is 1.07 bits per heavy atom. The molecule has 0 bridgehead atoms. The number of rotatable bonds is 3. The zero-order valence-corrected chi connectivity index (χ0v) is 15.2. The summed E-state index contributed by atoms with van der Waals surface area (Å²) in [6.45, 7) is -0.727. The van der Waals surface area contributed by atoms with E-state index in [1.54, 1.807) is 0 Å². The van der Waals surface area contributed by atoms with Crippen LogP contribution in [0.15, 0.2) is 54.6 Å². The van der Waals surface area contributed by atoms with Gasteiger partial charge in [0.2, 0.25) is 0 Å². The molecule has 4 rings (SSSR count). The lowest BCUT2D eigenvalue weighted by Crippen LogP contribution is -2.30. The van der Waals surface area contributed by atoms with Gasteiger partial charge in [0.15, 0.2) is 0 Å². The highest BCUT2D eigenvalue weighted by Crippen LogP contribution is 2.39. The van der Waals surface area contributed by atoms with Crippen molar-refractivity contribution < 1.29 is 18.0 Å². The fourth-order valence-electron chi connectivity index (χ4n) is 3.56. The first-order chi connectivity index (χ1) is 13.9. The number of benzene rings is 2. The SMILES string of the molecule is N#CB1CCc2[nH]c(-c3ccc(C(F)(F)F)cc3)c(Nc3ccccc3)c2C1=O. The van der Waals surface area contributed by atoms with Gasteiger partial charge >= 0.3 is 12.9 Å². The van der Waals surface area contributed by atoms with Gasteiger partial charge in [-0.2, -0.15) is 13.2 Å². The number of nitriles is 1. The molecule has 0 aliphatic carbocycles. The number of anilines is 2. The van der Waals surface area contributed by atoms with Gasteiger partial charge in [-0.05, 0) is 37.0 Å². The van der Waals surface area contributed by atoms with Crippen molar-refractivity contribution >= 4 is 23.8 Å². The molecule has 29 heavy (non-hydrogen) atoms. The van der Waals surface area contributed by atoms with E-state index in [0.717, 1.165) is 17.8 Å². The van der Waals surface area contributed by atoms with Crippen molar-refractivity contribution in [2.75, 3.05) is 5.32 Å². The maximum Gasteiger partial charge on any atom is 0.416 e. The van der Waals surface area contributed by atoms with Gasteiger partial charge in [0.05, 0.1) is 22.5 Å². The number of aromatic amines is 1. The Balaban J connectivity index is 1.84. The Bertz CT molecular complexity index is 1100. The average molecular weight is 393 g/mol. The van der Waals surface area contributed by atoms with Crippen molar-refractivity contribution in [2.24, 2.45) is 0 Å². The Hall–Kier alpha value is -3.47. The van der Waals surface area contributed by atoms with Gasteiger partial charge in [0.1, 0.15) is 5.68 Å². The molecule has 4 nitrogen and oxygen atoms in total. The van der Waals surface area contributed by atoms with Gasteiger partial charge in [-0.1, -0.05) is 30.3 Å². The number of nitrogens with zero attached hydrogens (tertiary/aromatic N) is 1. The standard InChI is InChI=1S/C21H15BF3N3O/c23-21(24,25)14-8-6-13(7-9-14)18-19(27-15-4-2-1-3-5-15)17-16(28-18)10-11-22(12-26)20(17)29/h1-9,27-28H,10-11H2. The second kappa shape index (κ2) is 7.17. The topological polar surface area (TPSA) is 68.7 Å². The van der Waals surface area contributed by atoms with Crippen LogP contribution in [-0.4, -0.2) is 17.4 Å². The van der Waals surface area contributed by atoms with Crippen molar-refractivity contribution in [3.8, 4) is 17.2 Å². The quantitative estimate of drug-likeness (QED) is 0.595. The van der Waals surface area contributed by atoms with Gasteiger partial charge in [-0.3, -0.25) is 0 Å².